The van der Waals surface area contributed by atoms with Gasteiger partial charge in [-0.05, 0) is 54.9 Å². The summed E-state index contributed by atoms with van der Waals surface area (Å²) >= 11 is 5.92. The lowest BCUT2D eigenvalue weighted by molar-refractivity contribution is 0.196. The second-order valence-corrected chi connectivity index (χ2v) is 8.92. The van der Waals surface area contributed by atoms with Gasteiger partial charge in [-0.15, -0.1) is 11.6 Å². The van der Waals surface area contributed by atoms with Crippen LogP contribution in [0, 0.1) is 19.3 Å². The third-order valence-electron chi connectivity index (χ3n) is 4.47. The molecule has 1 aliphatic rings. The Bertz CT molecular complexity index is 628. The van der Waals surface area contributed by atoms with Gasteiger partial charge in [0.15, 0.2) is 0 Å². The summed E-state index contributed by atoms with van der Waals surface area (Å²) in [7, 11) is -3.42. The maximum atomic E-state index is 12.9. The maximum absolute atomic E-state index is 12.9. The second kappa shape index (κ2) is 5.90. The van der Waals surface area contributed by atoms with E-state index >= 15 is 0 Å². The van der Waals surface area contributed by atoms with E-state index in [1.807, 2.05) is 19.9 Å². The highest BCUT2D eigenvalue weighted by atomic mass is 35.5. The summed E-state index contributed by atoms with van der Waals surface area (Å²) in [5, 5.41) is 0. The number of nitrogens with zero attached hydrogens (tertiary/aromatic N) is 1. The summed E-state index contributed by atoms with van der Waals surface area (Å²) in [6, 6.07) is 3.66. The summed E-state index contributed by atoms with van der Waals surface area (Å²) in [5.41, 5.74) is 2.96. The van der Waals surface area contributed by atoms with E-state index in [0.717, 1.165) is 29.5 Å². The molecule has 0 spiro atoms. The van der Waals surface area contributed by atoms with Crippen molar-refractivity contribution in [2.24, 2.45) is 5.41 Å². The molecular weight excluding hydrogens is 306 g/mol. The molecule has 0 aromatic heterocycles. The monoisotopic (exact) mass is 329 g/mol. The van der Waals surface area contributed by atoms with Crippen LogP contribution in [0.2, 0.25) is 0 Å². The van der Waals surface area contributed by atoms with Crippen LogP contribution in [0.4, 0.5) is 0 Å². The fourth-order valence-electron chi connectivity index (χ4n) is 2.77. The molecule has 0 bridgehead atoms. The molecule has 1 aromatic rings. The molecule has 0 aliphatic carbocycles. The van der Waals surface area contributed by atoms with Gasteiger partial charge in [-0.2, -0.15) is 4.31 Å². The Morgan fingerprint density at radius 3 is 2.24 bits per heavy atom. The first kappa shape index (κ1) is 16.8. The predicted octanol–water partition coefficient (Wildman–Crippen LogP) is 3.85. The van der Waals surface area contributed by atoms with Gasteiger partial charge < -0.3 is 0 Å². The average molecular weight is 330 g/mol. The Labute approximate surface area is 133 Å². The van der Waals surface area contributed by atoms with E-state index in [9.17, 15) is 8.42 Å². The fourth-order valence-corrected chi connectivity index (χ4v) is 4.75. The second-order valence-electron chi connectivity index (χ2n) is 6.75. The molecule has 1 heterocycles. The SMILES string of the molecule is Cc1cc(C)c(S(=O)(=O)N2CCC(C)(C)CC2)cc1CCl. The van der Waals surface area contributed by atoms with E-state index < -0.39 is 10.0 Å². The summed E-state index contributed by atoms with van der Waals surface area (Å²) < 4.78 is 27.4. The maximum Gasteiger partial charge on any atom is 0.243 e. The molecular formula is C16H24ClNO2S. The predicted molar refractivity (Wildman–Crippen MR) is 87.2 cm³/mol. The van der Waals surface area contributed by atoms with E-state index in [1.54, 1.807) is 10.4 Å². The van der Waals surface area contributed by atoms with E-state index in [2.05, 4.69) is 13.8 Å². The number of rotatable bonds is 3. The number of sulfonamides is 1. The quantitative estimate of drug-likeness (QED) is 0.790. The van der Waals surface area contributed by atoms with Gasteiger partial charge in [0, 0.05) is 19.0 Å². The van der Waals surface area contributed by atoms with Crippen molar-refractivity contribution in [2.45, 2.75) is 51.3 Å². The number of hydrogen-bond acceptors (Lipinski definition) is 2. The Kier molecular flexibility index (Phi) is 4.72. The highest BCUT2D eigenvalue weighted by Crippen LogP contribution is 2.33. The van der Waals surface area contributed by atoms with Crippen molar-refractivity contribution in [2.75, 3.05) is 13.1 Å². The minimum Gasteiger partial charge on any atom is -0.207 e. The zero-order chi connectivity index (χ0) is 15.8. The first-order valence-corrected chi connectivity index (χ1v) is 9.31. The molecule has 0 unspecified atom stereocenters. The van der Waals surface area contributed by atoms with Crippen molar-refractivity contribution < 1.29 is 8.42 Å². The van der Waals surface area contributed by atoms with Gasteiger partial charge in [-0.1, -0.05) is 19.9 Å². The van der Waals surface area contributed by atoms with Crippen LogP contribution >= 0.6 is 11.6 Å². The van der Waals surface area contributed by atoms with Gasteiger partial charge in [0.05, 0.1) is 4.90 Å². The summed E-state index contributed by atoms with van der Waals surface area (Å²) in [6.07, 6.45) is 1.80. The van der Waals surface area contributed by atoms with Gasteiger partial charge >= 0.3 is 0 Å². The summed E-state index contributed by atoms with van der Waals surface area (Å²) in [6.45, 7) is 9.40. The standard InChI is InChI=1S/C16H24ClNO2S/c1-12-9-13(2)15(10-14(12)11-17)21(19,20)18-7-5-16(3,4)6-8-18/h9-10H,5-8,11H2,1-4H3. The molecule has 21 heavy (non-hydrogen) atoms. The normalized spacial score (nSPS) is 19.7. The molecule has 1 aliphatic heterocycles. The Morgan fingerprint density at radius 1 is 1.14 bits per heavy atom. The topological polar surface area (TPSA) is 37.4 Å². The van der Waals surface area contributed by atoms with Gasteiger partial charge in [-0.3, -0.25) is 0 Å². The van der Waals surface area contributed by atoms with Crippen LogP contribution in [-0.4, -0.2) is 25.8 Å². The molecule has 1 fully saturated rings. The number of benzene rings is 1. The van der Waals surface area contributed by atoms with Crippen molar-refractivity contribution in [3.8, 4) is 0 Å². The minimum atomic E-state index is -3.42. The lowest BCUT2D eigenvalue weighted by Gasteiger charge is -2.36. The largest absolute Gasteiger partial charge is 0.243 e. The van der Waals surface area contributed by atoms with Crippen molar-refractivity contribution in [3.63, 3.8) is 0 Å². The van der Waals surface area contributed by atoms with E-state index in [0.29, 0.717) is 23.9 Å². The van der Waals surface area contributed by atoms with Crippen LogP contribution in [0.5, 0.6) is 0 Å². The van der Waals surface area contributed by atoms with Crippen LogP contribution in [0.1, 0.15) is 43.4 Å². The fraction of sp³-hybridized carbons (Fsp3) is 0.625. The highest BCUT2D eigenvalue weighted by molar-refractivity contribution is 7.89. The summed E-state index contributed by atoms with van der Waals surface area (Å²) in [4.78, 5) is 0.406. The van der Waals surface area contributed by atoms with Crippen molar-refractivity contribution in [1.29, 1.82) is 0 Å². The molecule has 0 radical (unpaired) electrons. The van der Waals surface area contributed by atoms with Gasteiger partial charge in [0.2, 0.25) is 10.0 Å². The Balaban J connectivity index is 2.36. The first-order chi connectivity index (χ1) is 9.67. The van der Waals surface area contributed by atoms with Crippen LogP contribution in [0.25, 0.3) is 0 Å². The van der Waals surface area contributed by atoms with Crippen molar-refractivity contribution in [3.05, 3.63) is 28.8 Å². The van der Waals surface area contributed by atoms with Crippen molar-refractivity contribution in [1.82, 2.24) is 4.31 Å². The van der Waals surface area contributed by atoms with Crippen LogP contribution in [-0.2, 0) is 15.9 Å². The molecule has 2 rings (SSSR count). The molecule has 0 N–H and O–H groups in total. The number of hydrogen-bond donors (Lipinski definition) is 0. The van der Waals surface area contributed by atoms with E-state index in [4.69, 9.17) is 11.6 Å². The van der Waals surface area contributed by atoms with E-state index in [-0.39, 0.29) is 5.41 Å². The highest BCUT2D eigenvalue weighted by Gasteiger charge is 2.33. The van der Waals surface area contributed by atoms with Gasteiger partial charge in [0.25, 0.3) is 0 Å². The van der Waals surface area contributed by atoms with E-state index in [1.165, 1.54) is 0 Å². The van der Waals surface area contributed by atoms with Crippen molar-refractivity contribution >= 4 is 21.6 Å². The number of halogens is 1. The van der Waals surface area contributed by atoms with Crippen LogP contribution in [0.3, 0.4) is 0 Å². The zero-order valence-corrected chi connectivity index (χ0v) is 14.8. The van der Waals surface area contributed by atoms with Gasteiger partial charge in [0.1, 0.15) is 0 Å². The molecule has 3 nitrogen and oxygen atoms in total. The lowest BCUT2D eigenvalue weighted by atomic mass is 9.83. The van der Waals surface area contributed by atoms with Crippen LogP contribution in [0.15, 0.2) is 17.0 Å². The smallest absolute Gasteiger partial charge is 0.207 e. The third kappa shape index (κ3) is 3.43. The molecule has 1 aromatic carbocycles. The molecule has 5 heteroatoms. The molecule has 118 valence electrons. The minimum absolute atomic E-state index is 0.232. The summed E-state index contributed by atoms with van der Waals surface area (Å²) in [5.74, 6) is 0.335. The zero-order valence-electron chi connectivity index (χ0n) is 13.2. The molecule has 0 atom stereocenters. The number of aryl methyl sites for hydroxylation is 2. The molecule has 0 amide bonds. The lowest BCUT2D eigenvalue weighted by Crippen LogP contribution is -2.41. The first-order valence-electron chi connectivity index (χ1n) is 7.34. The van der Waals surface area contributed by atoms with Crippen LogP contribution < -0.4 is 0 Å². The van der Waals surface area contributed by atoms with Gasteiger partial charge in [-0.25, -0.2) is 8.42 Å². The third-order valence-corrected chi connectivity index (χ3v) is 6.80. The molecule has 0 saturated carbocycles. The Morgan fingerprint density at radius 2 is 1.71 bits per heavy atom. The average Bonchev–Trinajstić information content (AvgIpc) is 2.38. The Hall–Kier alpha value is -0.580. The number of piperidine rings is 1. The molecule has 1 saturated heterocycles. The number of alkyl halides is 1.